The highest BCUT2D eigenvalue weighted by Gasteiger charge is 2.15. The summed E-state index contributed by atoms with van der Waals surface area (Å²) >= 11 is 1.06. The fourth-order valence-corrected chi connectivity index (χ4v) is 1.48. The van der Waals surface area contributed by atoms with Crippen LogP contribution in [0.3, 0.4) is 0 Å². The Morgan fingerprint density at radius 1 is 1.82 bits per heavy atom. The van der Waals surface area contributed by atoms with Gasteiger partial charge in [0.25, 0.3) is 0 Å². The van der Waals surface area contributed by atoms with Crippen LogP contribution in [0.4, 0.5) is 5.69 Å². The molecule has 0 radical (unpaired) electrons. The molecule has 5 heteroatoms. The highest BCUT2D eigenvalue weighted by molar-refractivity contribution is 7.12. The van der Waals surface area contributed by atoms with Crippen LogP contribution in [0, 0.1) is 0 Å². The molecule has 0 aliphatic heterocycles. The molecule has 11 heavy (non-hydrogen) atoms. The molecule has 0 spiro atoms. The summed E-state index contributed by atoms with van der Waals surface area (Å²) in [6.45, 7) is 0. The van der Waals surface area contributed by atoms with Crippen molar-refractivity contribution in [2.24, 2.45) is 0 Å². The third kappa shape index (κ3) is 1.27. The summed E-state index contributed by atoms with van der Waals surface area (Å²) in [5.74, 6) is -0.758. The smallest absolute Gasteiger partial charge is 0.349 e. The van der Waals surface area contributed by atoms with Gasteiger partial charge in [0.1, 0.15) is 0 Å². The van der Waals surface area contributed by atoms with Crippen LogP contribution in [-0.4, -0.2) is 18.2 Å². The summed E-state index contributed by atoms with van der Waals surface area (Å²) in [5, 5.41) is 10.1. The van der Waals surface area contributed by atoms with Crippen LogP contribution in [-0.2, 0) is 0 Å². The average Bonchev–Trinajstić information content (AvgIpc) is 2.30. The lowest BCUT2D eigenvalue weighted by Crippen LogP contribution is -1.97. The molecule has 0 amide bonds. The van der Waals surface area contributed by atoms with Gasteiger partial charge < -0.3 is 15.6 Å². The average molecular weight is 173 g/mol. The largest absolute Gasteiger partial charge is 0.493 e. The van der Waals surface area contributed by atoms with E-state index in [9.17, 15) is 4.79 Å². The van der Waals surface area contributed by atoms with Crippen molar-refractivity contribution in [1.29, 1.82) is 0 Å². The molecule has 1 heterocycles. The standard InChI is InChI=1S/C6H7NO3S/c1-10-4-3(7)2-11-5(4)6(8)9/h2H,7H2,1H3,(H,8,9). The zero-order chi connectivity index (χ0) is 8.43. The Bertz CT molecular complexity index is 281. The quantitative estimate of drug-likeness (QED) is 0.700. The maximum absolute atomic E-state index is 10.5. The number of hydrogen-bond donors (Lipinski definition) is 2. The Kier molecular flexibility index (Phi) is 2.00. The summed E-state index contributed by atoms with van der Waals surface area (Å²) in [6, 6.07) is 0. The molecule has 0 aromatic carbocycles. The van der Waals surface area contributed by atoms with Crippen molar-refractivity contribution < 1.29 is 14.6 Å². The third-order valence-corrected chi connectivity index (χ3v) is 2.14. The zero-order valence-corrected chi connectivity index (χ0v) is 6.64. The van der Waals surface area contributed by atoms with Gasteiger partial charge in [-0.3, -0.25) is 0 Å². The lowest BCUT2D eigenvalue weighted by Gasteiger charge is -1.97. The van der Waals surface area contributed by atoms with Crippen LogP contribution < -0.4 is 10.5 Å². The van der Waals surface area contributed by atoms with Crippen LogP contribution in [0.1, 0.15) is 9.67 Å². The number of rotatable bonds is 2. The number of hydrogen-bond acceptors (Lipinski definition) is 4. The van der Waals surface area contributed by atoms with E-state index in [1.165, 1.54) is 7.11 Å². The van der Waals surface area contributed by atoms with E-state index in [1.807, 2.05) is 0 Å². The first kappa shape index (κ1) is 7.87. The molecule has 0 aliphatic carbocycles. The van der Waals surface area contributed by atoms with Crippen LogP contribution in [0.2, 0.25) is 0 Å². The summed E-state index contributed by atoms with van der Waals surface area (Å²) in [6.07, 6.45) is 0. The van der Waals surface area contributed by atoms with Crippen molar-refractivity contribution in [3.05, 3.63) is 10.3 Å². The number of methoxy groups -OCH3 is 1. The summed E-state index contributed by atoms with van der Waals surface area (Å²) < 4.78 is 4.78. The SMILES string of the molecule is COc1c(N)csc1C(=O)O. The molecular formula is C6H7NO3S. The maximum Gasteiger partial charge on any atom is 0.349 e. The minimum atomic E-state index is -1.01. The number of anilines is 1. The van der Waals surface area contributed by atoms with Gasteiger partial charge in [0.05, 0.1) is 12.8 Å². The van der Waals surface area contributed by atoms with E-state index >= 15 is 0 Å². The van der Waals surface area contributed by atoms with Crippen LogP contribution in [0.25, 0.3) is 0 Å². The van der Waals surface area contributed by atoms with Crippen molar-refractivity contribution >= 4 is 23.0 Å². The van der Waals surface area contributed by atoms with Crippen LogP contribution >= 0.6 is 11.3 Å². The van der Waals surface area contributed by atoms with E-state index in [0.717, 1.165) is 11.3 Å². The first-order chi connectivity index (χ1) is 5.16. The summed E-state index contributed by atoms with van der Waals surface area (Å²) in [5.41, 5.74) is 5.78. The minimum absolute atomic E-state index is 0.144. The number of thiophene rings is 1. The highest BCUT2D eigenvalue weighted by Crippen LogP contribution is 2.32. The molecule has 0 saturated carbocycles. The summed E-state index contributed by atoms with van der Waals surface area (Å²) in [4.78, 5) is 10.6. The van der Waals surface area contributed by atoms with Crippen molar-refractivity contribution in [3.8, 4) is 5.75 Å². The van der Waals surface area contributed by atoms with Gasteiger partial charge in [0.2, 0.25) is 0 Å². The predicted molar refractivity (Wildman–Crippen MR) is 42.2 cm³/mol. The first-order valence-electron chi connectivity index (χ1n) is 2.81. The number of nitrogen functional groups attached to an aromatic ring is 1. The van der Waals surface area contributed by atoms with Crippen LogP contribution in [0.15, 0.2) is 5.38 Å². The molecular weight excluding hydrogens is 166 g/mol. The first-order valence-corrected chi connectivity index (χ1v) is 3.69. The second kappa shape index (κ2) is 2.79. The van der Waals surface area contributed by atoms with Crippen molar-refractivity contribution in [2.45, 2.75) is 0 Å². The van der Waals surface area contributed by atoms with Crippen molar-refractivity contribution in [3.63, 3.8) is 0 Å². The monoisotopic (exact) mass is 173 g/mol. The van der Waals surface area contributed by atoms with Gasteiger partial charge in [-0.05, 0) is 0 Å². The molecule has 1 aromatic rings. The number of carbonyl (C=O) groups is 1. The zero-order valence-electron chi connectivity index (χ0n) is 5.83. The van der Waals surface area contributed by atoms with Gasteiger partial charge in [0, 0.05) is 5.38 Å². The molecule has 0 atom stereocenters. The Morgan fingerprint density at radius 2 is 2.45 bits per heavy atom. The molecule has 1 rings (SSSR count). The molecule has 1 aromatic heterocycles. The van der Waals surface area contributed by atoms with Crippen LogP contribution in [0.5, 0.6) is 5.75 Å². The summed E-state index contributed by atoms with van der Waals surface area (Å²) in [7, 11) is 1.39. The van der Waals surface area contributed by atoms with E-state index in [4.69, 9.17) is 15.6 Å². The minimum Gasteiger partial charge on any atom is -0.493 e. The van der Waals surface area contributed by atoms with Gasteiger partial charge >= 0.3 is 5.97 Å². The number of carboxylic acid groups (broad SMARTS) is 1. The fourth-order valence-electron chi connectivity index (χ4n) is 0.719. The van der Waals surface area contributed by atoms with Gasteiger partial charge in [0.15, 0.2) is 10.6 Å². The highest BCUT2D eigenvalue weighted by atomic mass is 32.1. The van der Waals surface area contributed by atoms with Gasteiger partial charge in [-0.25, -0.2) is 4.79 Å². The number of carboxylic acids is 1. The molecule has 0 saturated heterocycles. The molecule has 0 fully saturated rings. The van der Waals surface area contributed by atoms with E-state index < -0.39 is 5.97 Å². The van der Waals surface area contributed by atoms with E-state index in [1.54, 1.807) is 5.38 Å². The predicted octanol–water partition coefficient (Wildman–Crippen LogP) is 1.04. The third-order valence-electron chi connectivity index (χ3n) is 1.17. The number of aromatic carboxylic acids is 1. The Labute approximate surface area is 67.2 Å². The molecule has 0 bridgehead atoms. The lowest BCUT2D eigenvalue weighted by atomic mass is 10.4. The van der Waals surface area contributed by atoms with Crippen molar-refractivity contribution in [2.75, 3.05) is 12.8 Å². The number of ether oxygens (including phenoxy) is 1. The van der Waals surface area contributed by atoms with Gasteiger partial charge in [-0.15, -0.1) is 11.3 Å². The topological polar surface area (TPSA) is 72.5 Å². The Balaban J connectivity index is 3.15. The molecule has 4 nitrogen and oxygen atoms in total. The van der Waals surface area contributed by atoms with E-state index in [2.05, 4.69) is 0 Å². The molecule has 0 aliphatic rings. The second-order valence-electron chi connectivity index (χ2n) is 1.86. The molecule has 60 valence electrons. The Morgan fingerprint density at radius 3 is 2.82 bits per heavy atom. The Hall–Kier alpha value is -1.23. The number of nitrogens with two attached hydrogens (primary N) is 1. The second-order valence-corrected chi connectivity index (χ2v) is 2.74. The van der Waals surface area contributed by atoms with Gasteiger partial charge in [-0.1, -0.05) is 0 Å². The van der Waals surface area contributed by atoms with Gasteiger partial charge in [-0.2, -0.15) is 0 Å². The maximum atomic E-state index is 10.5. The normalized spacial score (nSPS) is 9.55. The van der Waals surface area contributed by atoms with Crippen molar-refractivity contribution in [1.82, 2.24) is 0 Å². The molecule has 0 unspecified atom stereocenters. The van der Waals surface area contributed by atoms with E-state index in [0.29, 0.717) is 5.69 Å². The fraction of sp³-hybridized carbons (Fsp3) is 0.167. The molecule has 3 N–H and O–H groups in total. The lowest BCUT2D eigenvalue weighted by molar-refractivity contribution is 0.0699. The van der Waals surface area contributed by atoms with E-state index in [-0.39, 0.29) is 10.6 Å².